The smallest absolute Gasteiger partial charge is 0.342 e. The lowest BCUT2D eigenvalue weighted by molar-refractivity contribution is 0.0597. The molecule has 4 rings (SSSR count). The number of hydrogen-bond acceptors (Lipinski definition) is 8. The van der Waals surface area contributed by atoms with E-state index in [1.165, 1.54) is 18.4 Å². The molecule has 132 valence electrons. The Morgan fingerprint density at radius 3 is 2.88 bits per heavy atom. The number of benzene rings is 1. The zero-order chi connectivity index (χ0) is 18.4. The van der Waals surface area contributed by atoms with Crippen LogP contribution in [0, 0.1) is 18.3 Å². The van der Waals surface area contributed by atoms with Crippen LogP contribution in [0.2, 0.25) is 0 Å². The number of esters is 1. The first-order valence-electron chi connectivity index (χ1n) is 7.73. The largest absolute Gasteiger partial charge is 0.465 e. The lowest BCUT2D eigenvalue weighted by Crippen LogP contribution is -2.21. The molecular weight excluding hydrogens is 356 g/mol. The molecule has 2 N–H and O–H groups in total. The molecule has 0 amide bonds. The minimum Gasteiger partial charge on any atom is -0.465 e. The number of methoxy groups -OCH3 is 1. The van der Waals surface area contributed by atoms with Crippen LogP contribution in [0.1, 0.15) is 31.6 Å². The van der Waals surface area contributed by atoms with Crippen molar-refractivity contribution in [3.05, 3.63) is 50.5 Å². The van der Waals surface area contributed by atoms with Crippen LogP contribution in [-0.2, 0) is 4.74 Å². The van der Waals surface area contributed by atoms with Gasteiger partial charge in [-0.15, -0.1) is 11.3 Å². The highest BCUT2D eigenvalue weighted by molar-refractivity contribution is 7.12. The van der Waals surface area contributed by atoms with E-state index in [4.69, 9.17) is 24.7 Å². The molecule has 26 heavy (non-hydrogen) atoms. The van der Waals surface area contributed by atoms with Gasteiger partial charge in [-0.3, -0.25) is 0 Å². The topological polar surface area (TPSA) is 104 Å². The standard InChI is InChI=1S/C18H14N2O5S/c1-8-13(18(21)22-2)15-16(26-8)14(10(6-19)17(20)25-15)9-3-4-11-12(5-9)24-7-23-11/h3-5,14H,7,20H2,1-2H3. The zero-order valence-electron chi connectivity index (χ0n) is 14.0. The average Bonchev–Trinajstić information content (AvgIpc) is 3.22. The van der Waals surface area contributed by atoms with Gasteiger partial charge in [0.05, 0.1) is 17.9 Å². The molecule has 0 saturated heterocycles. The van der Waals surface area contributed by atoms with Crippen LogP contribution in [-0.4, -0.2) is 19.9 Å². The minimum atomic E-state index is -0.502. The number of hydrogen-bond donors (Lipinski definition) is 1. The number of nitrogens with zero attached hydrogens (tertiary/aromatic N) is 1. The van der Waals surface area contributed by atoms with Crippen molar-refractivity contribution in [2.45, 2.75) is 12.8 Å². The van der Waals surface area contributed by atoms with Crippen molar-refractivity contribution in [2.75, 3.05) is 13.9 Å². The van der Waals surface area contributed by atoms with E-state index in [0.29, 0.717) is 22.8 Å². The second kappa shape index (κ2) is 5.97. The molecule has 1 aromatic carbocycles. The van der Waals surface area contributed by atoms with Crippen molar-refractivity contribution in [1.29, 1.82) is 5.26 Å². The van der Waals surface area contributed by atoms with Gasteiger partial charge in [0.1, 0.15) is 17.2 Å². The molecule has 0 bridgehead atoms. The first-order valence-corrected chi connectivity index (χ1v) is 8.55. The second-order valence-corrected chi connectivity index (χ2v) is 7.01. The molecular formula is C18H14N2O5S. The molecule has 7 nitrogen and oxygen atoms in total. The van der Waals surface area contributed by atoms with Crippen LogP contribution >= 0.6 is 11.3 Å². The van der Waals surface area contributed by atoms with Crippen LogP contribution in [0.15, 0.2) is 29.7 Å². The van der Waals surface area contributed by atoms with Crippen molar-refractivity contribution in [3.8, 4) is 23.3 Å². The van der Waals surface area contributed by atoms with E-state index in [1.54, 1.807) is 13.0 Å². The summed E-state index contributed by atoms with van der Waals surface area (Å²) >= 11 is 1.38. The van der Waals surface area contributed by atoms with E-state index in [9.17, 15) is 10.1 Å². The Morgan fingerprint density at radius 1 is 1.38 bits per heavy atom. The molecule has 0 radical (unpaired) electrons. The maximum Gasteiger partial charge on any atom is 0.342 e. The fraction of sp³-hybridized carbons (Fsp3) is 0.222. The van der Waals surface area contributed by atoms with Gasteiger partial charge < -0.3 is 24.7 Å². The van der Waals surface area contributed by atoms with Crippen LogP contribution in [0.5, 0.6) is 17.2 Å². The van der Waals surface area contributed by atoms with Gasteiger partial charge in [0.2, 0.25) is 12.7 Å². The fourth-order valence-corrected chi connectivity index (χ4v) is 4.36. The third-order valence-electron chi connectivity index (χ3n) is 4.33. The highest BCUT2D eigenvalue weighted by atomic mass is 32.1. The van der Waals surface area contributed by atoms with Gasteiger partial charge in [-0.1, -0.05) is 6.07 Å². The first kappa shape index (κ1) is 16.3. The van der Waals surface area contributed by atoms with E-state index in [1.807, 2.05) is 12.1 Å². The van der Waals surface area contributed by atoms with Crippen molar-refractivity contribution >= 4 is 17.3 Å². The molecule has 0 saturated carbocycles. The Hall–Kier alpha value is -3.18. The van der Waals surface area contributed by atoms with E-state index in [2.05, 4.69) is 6.07 Å². The van der Waals surface area contributed by atoms with Crippen LogP contribution in [0.4, 0.5) is 0 Å². The molecule has 8 heteroatoms. The Morgan fingerprint density at radius 2 is 2.15 bits per heavy atom. The van der Waals surface area contributed by atoms with Crippen molar-refractivity contribution in [1.82, 2.24) is 0 Å². The van der Waals surface area contributed by atoms with Gasteiger partial charge in [0.25, 0.3) is 0 Å². The molecule has 1 aromatic heterocycles. The quantitative estimate of drug-likeness (QED) is 0.811. The van der Waals surface area contributed by atoms with E-state index in [0.717, 1.165) is 15.3 Å². The predicted molar refractivity (Wildman–Crippen MR) is 92.3 cm³/mol. The third-order valence-corrected chi connectivity index (χ3v) is 5.49. The van der Waals surface area contributed by atoms with Gasteiger partial charge in [-0.05, 0) is 24.6 Å². The molecule has 1 unspecified atom stereocenters. The third kappa shape index (κ3) is 2.29. The lowest BCUT2D eigenvalue weighted by Gasteiger charge is -2.24. The summed E-state index contributed by atoms with van der Waals surface area (Å²) in [4.78, 5) is 13.6. The summed E-state index contributed by atoms with van der Waals surface area (Å²) in [5.74, 6) is 0.615. The Kier molecular flexibility index (Phi) is 3.74. The number of fused-ring (bicyclic) bond motifs is 2. The summed E-state index contributed by atoms with van der Waals surface area (Å²) in [6, 6.07) is 7.59. The number of rotatable bonds is 2. The van der Waals surface area contributed by atoms with Crippen LogP contribution < -0.4 is 19.9 Å². The Balaban J connectivity index is 1.92. The monoisotopic (exact) mass is 370 g/mol. The molecule has 3 heterocycles. The van der Waals surface area contributed by atoms with E-state index in [-0.39, 0.29) is 18.2 Å². The fourth-order valence-electron chi connectivity index (χ4n) is 3.14. The average molecular weight is 370 g/mol. The number of aryl methyl sites for hydroxylation is 1. The van der Waals surface area contributed by atoms with Crippen molar-refractivity contribution in [2.24, 2.45) is 5.73 Å². The lowest BCUT2D eigenvalue weighted by atomic mass is 9.88. The summed E-state index contributed by atoms with van der Waals surface area (Å²) in [5.41, 5.74) is 7.42. The van der Waals surface area contributed by atoms with Crippen LogP contribution in [0.3, 0.4) is 0 Å². The summed E-state index contributed by atoms with van der Waals surface area (Å²) in [7, 11) is 1.31. The summed E-state index contributed by atoms with van der Waals surface area (Å²) in [5, 5.41) is 9.63. The predicted octanol–water partition coefficient (Wildman–Crippen LogP) is 2.79. The number of allylic oxidation sites excluding steroid dienone is 1. The first-order chi connectivity index (χ1) is 12.5. The number of nitrogens with two attached hydrogens (primary N) is 1. The molecule has 2 aliphatic heterocycles. The Labute approximate surface area is 153 Å². The van der Waals surface area contributed by atoms with Crippen molar-refractivity contribution < 1.29 is 23.7 Å². The highest BCUT2D eigenvalue weighted by Gasteiger charge is 2.37. The number of carbonyl (C=O) groups is 1. The SMILES string of the molecule is COC(=O)c1c(C)sc2c1OC(N)=C(C#N)C2c1ccc2c(c1)OCO2. The molecule has 0 aliphatic carbocycles. The minimum absolute atomic E-state index is 0.0226. The summed E-state index contributed by atoms with van der Waals surface area (Å²) in [6.07, 6.45) is 0. The van der Waals surface area contributed by atoms with Crippen molar-refractivity contribution in [3.63, 3.8) is 0 Å². The Bertz CT molecular complexity index is 1000. The van der Waals surface area contributed by atoms with Crippen LogP contribution in [0.25, 0.3) is 0 Å². The number of ether oxygens (including phenoxy) is 4. The second-order valence-electron chi connectivity index (χ2n) is 5.76. The number of carbonyl (C=O) groups excluding carboxylic acids is 1. The molecule has 0 spiro atoms. The van der Waals surface area contributed by atoms with Gasteiger partial charge >= 0.3 is 5.97 Å². The zero-order valence-corrected chi connectivity index (χ0v) is 14.8. The molecule has 0 fully saturated rings. The van der Waals surface area contributed by atoms with Gasteiger partial charge in [-0.25, -0.2) is 4.79 Å². The molecule has 1 atom stereocenters. The van der Waals surface area contributed by atoms with Gasteiger partial charge in [0, 0.05) is 4.88 Å². The molecule has 2 aliphatic rings. The maximum absolute atomic E-state index is 12.2. The van der Waals surface area contributed by atoms with E-state index >= 15 is 0 Å². The highest BCUT2D eigenvalue weighted by Crippen LogP contribution is 2.50. The van der Waals surface area contributed by atoms with E-state index < -0.39 is 11.9 Å². The van der Waals surface area contributed by atoms with Gasteiger partial charge in [0.15, 0.2) is 17.2 Å². The van der Waals surface area contributed by atoms with Gasteiger partial charge in [-0.2, -0.15) is 5.26 Å². The normalized spacial score (nSPS) is 17.3. The number of thiophene rings is 1. The maximum atomic E-state index is 12.2. The number of nitriles is 1. The summed E-state index contributed by atoms with van der Waals surface area (Å²) in [6.45, 7) is 1.96. The molecule has 2 aromatic rings. The summed E-state index contributed by atoms with van der Waals surface area (Å²) < 4.78 is 21.3.